The highest BCUT2D eigenvalue weighted by atomic mass is 32.2. The first-order valence-corrected chi connectivity index (χ1v) is 8.57. The van der Waals surface area contributed by atoms with Crippen molar-refractivity contribution in [3.05, 3.63) is 47.7 Å². The molecule has 0 bridgehead atoms. The zero-order valence-corrected chi connectivity index (χ0v) is 13.2. The molecule has 0 aliphatic carbocycles. The van der Waals surface area contributed by atoms with Gasteiger partial charge >= 0.3 is 0 Å². The standard InChI is InChI=1S/C15H19N3O2S/c1-4-12-7-5-6-11(2)15(12)17-14-9-8-13(10-16-14)18-21(3,19)20/h5-10,18H,4H2,1-3H3,(H,16,17). The highest BCUT2D eigenvalue weighted by molar-refractivity contribution is 7.92. The fourth-order valence-electron chi connectivity index (χ4n) is 2.07. The summed E-state index contributed by atoms with van der Waals surface area (Å²) in [5.41, 5.74) is 3.87. The van der Waals surface area contributed by atoms with Crippen LogP contribution in [0.25, 0.3) is 0 Å². The van der Waals surface area contributed by atoms with Crippen molar-refractivity contribution in [3.63, 3.8) is 0 Å². The summed E-state index contributed by atoms with van der Waals surface area (Å²) in [7, 11) is -3.28. The van der Waals surface area contributed by atoms with Crippen molar-refractivity contribution >= 4 is 27.2 Å². The third-order valence-electron chi connectivity index (χ3n) is 3.06. The van der Waals surface area contributed by atoms with Gasteiger partial charge in [-0.05, 0) is 36.6 Å². The highest BCUT2D eigenvalue weighted by Crippen LogP contribution is 2.24. The first kappa shape index (κ1) is 15.3. The summed E-state index contributed by atoms with van der Waals surface area (Å²) >= 11 is 0. The van der Waals surface area contributed by atoms with Gasteiger partial charge < -0.3 is 5.32 Å². The van der Waals surface area contributed by atoms with Crippen LogP contribution in [-0.2, 0) is 16.4 Å². The predicted molar refractivity (Wildman–Crippen MR) is 86.5 cm³/mol. The first-order valence-electron chi connectivity index (χ1n) is 6.68. The Morgan fingerprint density at radius 3 is 2.52 bits per heavy atom. The molecule has 5 nitrogen and oxygen atoms in total. The lowest BCUT2D eigenvalue weighted by Gasteiger charge is -2.13. The molecule has 2 N–H and O–H groups in total. The fourth-order valence-corrected chi connectivity index (χ4v) is 2.62. The van der Waals surface area contributed by atoms with E-state index in [0.29, 0.717) is 11.5 Å². The Morgan fingerprint density at radius 1 is 1.19 bits per heavy atom. The van der Waals surface area contributed by atoms with E-state index in [1.165, 1.54) is 11.8 Å². The van der Waals surface area contributed by atoms with Crippen LogP contribution in [0.4, 0.5) is 17.2 Å². The van der Waals surface area contributed by atoms with Gasteiger partial charge in [0.1, 0.15) is 5.82 Å². The molecule has 2 aromatic rings. The van der Waals surface area contributed by atoms with E-state index in [1.807, 2.05) is 19.1 Å². The molecular formula is C15H19N3O2S. The van der Waals surface area contributed by atoms with Gasteiger partial charge in [-0.3, -0.25) is 4.72 Å². The van der Waals surface area contributed by atoms with Gasteiger partial charge in [-0.25, -0.2) is 13.4 Å². The van der Waals surface area contributed by atoms with Crippen LogP contribution in [-0.4, -0.2) is 19.7 Å². The lowest BCUT2D eigenvalue weighted by molar-refractivity contribution is 0.607. The predicted octanol–water partition coefficient (Wildman–Crippen LogP) is 3.07. The molecular weight excluding hydrogens is 286 g/mol. The summed E-state index contributed by atoms with van der Waals surface area (Å²) in [6.07, 6.45) is 3.53. The second-order valence-corrected chi connectivity index (χ2v) is 6.64. The summed E-state index contributed by atoms with van der Waals surface area (Å²) in [4.78, 5) is 4.24. The molecule has 0 saturated carbocycles. The molecule has 0 aliphatic heterocycles. The highest BCUT2D eigenvalue weighted by Gasteiger charge is 2.06. The molecule has 21 heavy (non-hydrogen) atoms. The number of rotatable bonds is 5. The molecule has 1 heterocycles. The number of nitrogens with one attached hydrogen (secondary N) is 2. The van der Waals surface area contributed by atoms with Crippen LogP contribution in [0.2, 0.25) is 0 Å². The minimum absolute atomic E-state index is 0.448. The van der Waals surface area contributed by atoms with Crippen molar-refractivity contribution < 1.29 is 8.42 Å². The number of aromatic nitrogens is 1. The lowest BCUT2D eigenvalue weighted by Crippen LogP contribution is -2.09. The maximum Gasteiger partial charge on any atom is 0.229 e. The maximum atomic E-state index is 11.2. The van der Waals surface area contributed by atoms with Crippen molar-refractivity contribution in [2.24, 2.45) is 0 Å². The monoisotopic (exact) mass is 305 g/mol. The molecule has 6 heteroatoms. The van der Waals surface area contributed by atoms with Gasteiger partial charge in [0.05, 0.1) is 18.1 Å². The number of benzene rings is 1. The van der Waals surface area contributed by atoms with Gasteiger partial charge in [0.2, 0.25) is 10.0 Å². The van der Waals surface area contributed by atoms with E-state index in [9.17, 15) is 8.42 Å². The van der Waals surface area contributed by atoms with Gasteiger partial charge in [0.15, 0.2) is 0 Å². The van der Waals surface area contributed by atoms with Crippen molar-refractivity contribution in [3.8, 4) is 0 Å². The summed E-state index contributed by atoms with van der Waals surface area (Å²) in [5.74, 6) is 0.679. The van der Waals surface area contributed by atoms with E-state index < -0.39 is 10.0 Å². The summed E-state index contributed by atoms with van der Waals surface area (Å²) in [6.45, 7) is 4.15. The summed E-state index contributed by atoms with van der Waals surface area (Å²) in [5, 5.41) is 3.29. The maximum absolute atomic E-state index is 11.2. The number of pyridine rings is 1. The Labute approximate surface area is 125 Å². The molecule has 0 radical (unpaired) electrons. The quantitative estimate of drug-likeness (QED) is 0.890. The zero-order chi connectivity index (χ0) is 15.5. The van der Waals surface area contributed by atoms with Gasteiger partial charge in [0, 0.05) is 5.69 Å². The van der Waals surface area contributed by atoms with Crippen LogP contribution < -0.4 is 10.0 Å². The second-order valence-electron chi connectivity index (χ2n) is 4.89. The van der Waals surface area contributed by atoms with Crippen LogP contribution in [0.1, 0.15) is 18.1 Å². The van der Waals surface area contributed by atoms with E-state index in [4.69, 9.17) is 0 Å². The van der Waals surface area contributed by atoms with Crippen molar-refractivity contribution in [2.45, 2.75) is 20.3 Å². The summed E-state index contributed by atoms with van der Waals surface area (Å²) < 4.78 is 24.7. The number of anilines is 3. The Hall–Kier alpha value is -2.08. The number of hydrogen-bond donors (Lipinski definition) is 2. The van der Waals surface area contributed by atoms with E-state index in [1.54, 1.807) is 12.1 Å². The topological polar surface area (TPSA) is 71.1 Å². The van der Waals surface area contributed by atoms with Crippen molar-refractivity contribution in [1.29, 1.82) is 0 Å². The van der Waals surface area contributed by atoms with E-state index >= 15 is 0 Å². The molecule has 0 spiro atoms. The van der Waals surface area contributed by atoms with E-state index in [2.05, 4.69) is 28.0 Å². The smallest absolute Gasteiger partial charge is 0.229 e. The molecule has 2 rings (SSSR count). The molecule has 1 aromatic heterocycles. The number of sulfonamides is 1. The van der Waals surface area contributed by atoms with E-state index in [0.717, 1.165) is 23.9 Å². The molecule has 112 valence electrons. The van der Waals surface area contributed by atoms with Gasteiger partial charge in [-0.2, -0.15) is 0 Å². The van der Waals surface area contributed by atoms with Crippen molar-refractivity contribution in [1.82, 2.24) is 4.98 Å². The average molecular weight is 305 g/mol. The van der Waals surface area contributed by atoms with Crippen LogP contribution in [0.15, 0.2) is 36.5 Å². The van der Waals surface area contributed by atoms with Gasteiger partial charge in [-0.15, -0.1) is 0 Å². The molecule has 0 aliphatic rings. The number of aryl methyl sites for hydroxylation is 2. The Kier molecular flexibility index (Phi) is 4.47. The SMILES string of the molecule is CCc1cccc(C)c1Nc1ccc(NS(C)(=O)=O)cn1. The van der Waals surface area contributed by atoms with E-state index in [-0.39, 0.29) is 0 Å². The lowest BCUT2D eigenvalue weighted by atomic mass is 10.1. The second kappa shape index (κ2) is 6.13. The normalized spacial score (nSPS) is 11.2. The van der Waals surface area contributed by atoms with Crippen LogP contribution >= 0.6 is 0 Å². The molecule has 1 aromatic carbocycles. The zero-order valence-electron chi connectivity index (χ0n) is 12.3. The number of para-hydroxylation sites is 1. The first-order chi connectivity index (χ1) is 9.89. The Morgan fingerprint density at radius 2 is 1.95 bits per heavy atom. The fraction of sp³-hybridized carbons (Fsp3) is 0.267. The third kappa shape index (κ3) is 4.19. The Bertz CT molecular complexity index is 725. The minimum atomic E-state index is -3.28. The third-order valence-corrected chi connectivity index (χ3v) is 3.67. The minimum Gasteiger partial charge on any atom is -0.340 e. The van der Waals surface area contributed by atoms with Gasteiger partial charge in [-0.1, -0.05) is 25.1 Å². The largest absolute Gasteiger partial charge is 0.340 e. The van der Waals surface area contributed by atoms with Crippen molar-refractivity contribution in [2.75, 3.05) is 16.3 Å². The molecule has 0 unspecified atom stereocenters. The summed E-state index contributed by atoms with van der Waals surface area (Å²) in [6, 6.07) is 9.58. The van der Waals surface area contributed by atoms with Crippen LogP contribution in [0.5, 0.6) is 0 Å². The molecule has 0 amide bonds. The average Bonchev–Trinajstić information content (AvgIpc) is 2.41. The number of hydrogen-bond acceptors (Lipinski definition) is 4. The van der Waals surface area contributed by atoms with Gasteiger partial charge in [0.25, 0.3) is 0 Å². The number of nitrogens with zero attached hydrogens (tertiary/aromatic N) is 1. The van der Waals surface area contributed by atoms with Crippen LogP contribution in [0.3, 0.4) is 0 Å². The molecule has 0 fully saturated rings. The molecule has 0 atom stereocenters. The molecule has 0 saturated heterocycles. The Balaban J connectivity index is 2.21. The van der Waals surface area contributed by atoms with Crippen LogP contribution in [0, 0.1) is 6.92 Å².